The third kappa shape index (κ3) is 5.04. The number of amides is 1. The van der Waals surface area contributed by atoms with E-state index < -0.39 is 0 Å². The smallest absolute Gasteiger partial charge is 0.291 e. The van der Waals surface area contributed by atoms with Crippen LogP contribution < -0.4 is 20.1 Å². The third-order valence-electron chi connectivity index (χ3n) is 5.16. The van der Waals surface area contributed by atoms with Crippen LogP contribution in [-0.2, 0) is 0 Å². The lowest BCUT2D eigenvalue weighted by Crippen LogP contribution is -2.18. The van der Waals surface area contributed by atoms with Gasteiger partial charge in [-0.1, -0.05) is 6.07 Å². The molecule has 0 aliphatic rings. The normalized spacial score (nSPS) is 11.7. The predicted octanol–water partition coefficient (Wildman–Crippen LogP) is 5.53. The number of carbonyl (C=O) groups is 1. The molecule has 3 heterocycles. The molecule has 0 fully saturated rings. The van der Waals surface area contributed by atoms with Crippen LogP contribution in [0.1, 0.15) is 44.0 Å². The van der Waals surface area contributed by atoms with E-state index >= 15 is 0 Å². The number of ether oxygens (including phenoxy) is 2. The standard InChI is InChI=1S/C25H26N4O4S/c1-14-11-15(2)27-25(26-14)28-22(17-8-9-19(31-4)21(13-17)32-5)18-12-16(3)34-24(18)29-23(30)20-7-6-10-33-20/h6-13,22H,1-5H3,(H,29,30)(H,26,27,28). The van der Waals surface area contributed by atoms with Gasteiger partial charge in [-0.3, -0.25) is 4.79 Å². The molecule has 176 valence electrons. The van der Waals surface area contributed by atoms with Crippen LogP contribution in [-0.4, -0.2) is 30.1 Å². The van der Waals surface area contributed by atoms with E-state index in [9.17, 15) is 4.79 Å². The zero-order valence-corrected chi connectivity index (χ0v) is 20.4. The van der Waals surface area contributed by atoms with Crippen LogP contribution in [0.25, 0.3) is 0 Å². The van der Waals surface area contributed by atoms with E-state index in [-0.39, 0.29) is 17.7 Å². The highest BCUT2D eigenvalue weighted by Gasteiger charge is 2.24. The summed E-state index contributed by atoms with van der Waals surface area (Å²) in [6.45, 7) is 5.85. The molecule has 4 aromatic rings. The summed E-state index contributed by atoms with van der Waals surface area (Å²) in [5.74, 6) is 1.64. The first-order valence-corrected chi connectivity index (χ1v) is 11.5. The number of methoxy groups -OCH3 is 2. The van der Waals surface area contributed by atoms with Crippen molar-refractivity contribution in [1.29, 1.82) is 0 Å². The Kier molecular flexibility index (Phi) is 6.83. The van der Waals surface area contributed by atoms with Crippen molar-refractivity contribution >= 4 is 28.2 Å². The van der Waals surface area contributed by atoms with E-state index in [2.05, 4.69) is 20.6 Å². The molecule has 4 rings (SSSR count). The molecule has 1 atom stereocenters. The minimum absolute atomic E-state index is 0.241. The number of benzene rings is 1. The Bertz CT molecular complexity index is 1280. The number of anilines is 2. The molecule has 3 aromatic heterocycles. The maximum Gasteiger partial charge on any atom is 0.291 e. The molecule has 0 radical (unpaired) electrons. The number of aryl methyl sites for hydroxylation is 3. The molecular formula is C25H26N4O4S. The molecule has 0 aliphatic carbocycles. The summed E-state index contributed by atoms with van der Waals surface area (Å²) in [7, 11) is 3.20. The first kappa shape index (κ1) is 23.3. The Morgan fingerprint density at radius 3 is 2.38 bits per heavy atom. The van der Waals surface area contributed by atoms with Gasteiger partial charge in [0.15, 0.2) is 17.3 Å². The largest absolute Gasteiger partial charge is 0.493 e. The number of hydrogen-bond acceptors (Lipinski definition) is 8. The van der Waals surface area contributed by atoms with Gasteiger partial charge in [0.05, 0.1) is 26.5 Å². The van der Waals surface area contributed by atoms with Crippen molar-refractivity contribution < 1.29 is 18.7 Å². The lowest BCUT2D eigenvalue weighted by molar-refractivity contribution is 0.0997. The summed E-state index contributed by atoms with van der Waals surface area (Å²) in [4.78, 5) is 22.9. The quantitative estimate of drug-likeness (QED) is 0.344. The van der Waals surface area contributed by atoms with E-state index in [1.54, 1.807) is 26.4 Å². The molecule has 0 saturated carbocycles. The number of nitrogens with one attached hydrogen (secondary N) is 2. The Morgan fingerprint density at radius 2 is 1.74 bits per heavy atom. The molecule has 0 saturated heterocycles. The molecular weight excluding hydrogens is 452 g/mol. The van der Waals surface area contributed by atoms with Crippen LogP contribution in [0.15, 0.2) is 53.1 Å². The zero-order valence-electron chi connectivity index (χ0n) is 19.6. The van der Waals surface area contributed by atoms with Gasteiger partial charge in [0.1, 0.15) is 5.00 Å². The second kappa shape index (κ2) is 9.96. The number of furan rings is 1. The van der Waals surface area contributed by atoms with Gasteiger partial charge in [0.2, 0.25) is 5.95 Å². The van der Waals surface area contributed by atoms with Gasteiger partial charge < -0.3 is 24.5 Å². The summed E-state index contributed by atoms with van der Waals surface area (Å²) in [5, 5.41) is 7.15. The second-order valence-electron chi connectivity index (χ2n) is 7.74. The molecule has 0 spiro atoms. The fourth-order valence-electron chi connectivity index (χ4n) is 3.71. The molecule has 34 heavy (non-hydrogen) atoms. The molecule has 1 aromatic carbocycles. The van der Waals surface area contributed by atoms with Crippen molar-refractivity contribution in [3.05, 3.63) is 81.9 Å². The van der Waals surface area contributed by atoms with Gasteiger partial charge >= 0.3 is 0 Å². The number of aromatic nitrogens is 2. The molecule has 0 aliphatic heterocycles. The van der Waals surface area contributed by atoms with Gasteiger partial charge in [0, 0.05) is 21.8 Å². The number of carbonyl (C=O) groups excluding carboxylic acids is 1. The zero-order chi connectivity index (χ0) is 24.2. The highest BCUT2D eigenvalue weighted by molar-refractivity contribution is 7.16. The van der Waals surface area contributed by atoms with E-state index in [0.29, 0.717) is 22.4 Å². The second-order valence-corrected chi connectivity index (χ2v) is 9.00. The van der Waals surface area contributed by atoms with Crippen LogP contribution in [0.3, 0.4) is 0 Å². The molecule has 8 nitrogen and oxygen atoms in total. The van der Waals surface area contributed by atoms with E-state index in [0.717, 1.165) is 27.4 Å². The monoisotopic (exact) mass is 478 g/mol. The summed E-state index contributed by atoms with van der Waals surface area (Å²) in [6, 6.07) is 12.6. The van der Waals surface area contributed by atoms with Gasteiger partial charge in [-0.2, -0.15) is 0 Å². The SMILES string of the molecule is COc1ccc(C(Nc2nc(C)cc(C)n2)c2cc(C)sc2NC(=O)c2ccco2)cc1OC. The highest BCUT2D eigenvalue weighted by atomic mass is 32.1. The summed E-state index contributed by atoms with van der Waals surface area (Å²) >= 11 is 1.49. The van der Waals surface area contributed by atoms with E-state index in [1.165, 1.54) is 17.6 Å². The van der Waals surface area contributed by atoms with Crippen LogP contribution in [0.5, 0.6) is 11.5 Å². The topological polar surface area (TPSA) is 98.5 Å². The lowest BCUT2D eigenvalue weighted by atomic mass is 9.99. The van der Waals surface area contributed by atoms with Crippen LogP contribution >= 0.6 is 11.3 Å². The molecule has 1 unspecified atom stereocenters. The maximum atomic E-state index is 12.7. The molecule has 0 bridgehead atoms. The Balaban J connectivity index is 1.79. The third-order valence-corrected chi connectivity index (χ3v) is 6.15. The van der Waals surface area contributed by atoms with Crippen LogP contribution in [0, 0.1) is 20.8 Å². The first-order chi connectivity index (χ1) is 16.4. The van der Waals surface area contributed by atoms with Crippen molar-refractivity contribution in [3.8, 4) is 11.5 Å². The van der Waals surface area contributed by atoms with Crippen molar-refractivity contribution in [2.24, 2.45) is 0 Å². The van der Waals surface area contributed by atoms with Gasteiger partial charge in [0.25, 0.3) is 5.91 Å². The summed E-state index contributed by atoms with van der Waals surface area (Å²) in [6.07, 6.45) is 1.47. The number of thiophene rings is 1. The van der Waals surface area contributed by atoms with Crippen molar-refractivity contribution in [3.63, 3.8) is 0 Å². The van der Waals surface area contributed by atoms with Crippen LogP contribution in [0.4, 0.5) is 10.9 Å². The molecule has 2 N–H and O–H groups in total. The predicted molar refractivity (Wildman–Crippen MR) is 132 cm³/mol. The molecule has 9 heteroatoms. The van der Waals surface area contributed by atoms with Crippen molar-refractivity contribution in [2.45, 2.75) is 26.8 Å². The lowest BCUT2D eigenvalue weighted by Gasteiger charge is -2.22. The Hall–Kier alpha value is -3.85. The first-order valence-electron chi connectivity index (χ1n) is 10.6. The minimum Gasteiger partial charge on any atom is -0.493 e. The number of rotatable bonds is 8. The highest BCUT2D eigenvalue weighted by Crippen LogP contribution is 2.40. The van der Waals surface area contributed by atoms with Crippen molar-refractivity contribution in [2.75, 3.05) is 24.9 Å². The average molecular weight is 479 g/mol. The summed E-state index contributed by atoms with van der Waals surface area (Å²) in [5.41, 5.74) is 3.48. The summed E-state index contributed by atoms with van der Waals surface area (Å²) < 4.78 is 16.2. The Labute approximate surface area is 202 Å². The van der Waals surface area contributed by atoms with Crippen molar-refractivity contribution in [1.82, 2.24) is 9.97 Å². The van der Waals surface area contributed by atoms with Crippen LogP contribution in [0.2, 0.25) is 0 Å². The van der Waals surface area contributed by atoms with Gasteiger partial charge in [-0.15, -0.1) is 11.3 Å². The number of hydrogen-bond donors (Lipinski definition) is 2. The minimum atomic E-state index is -0.377. The average Bonchev–Trinajstić information content (AvgIpc) is 3.46. The fraction of sp³-hybridized carbons (Fsp3) is 0.240. The van der Waals surface area contributed by atoms with E-state index in [4.69, 9.17) is 13.9 Å². The maximum absolute atomic E-state index is 12.7. The van der Waals surface area contributed by atoms with E-state index in [1.807, 2.05) is 51.1 Å². The molecule has 1 amide bonds. The fourth-order valence-corrected chi connectivity index (χ4v) is 4.66. The Morgan fingerprint density at radius 1 is 1.00 bits per heavy atom. The van der Waals surface area contributed by atoms with Gasteiger partial charge in [-0.25, -0.2) is 9.97 Å². The number of nitrogens with zero attached hydrogens (tertiary/aromatic N) is 2. The van der Waals surface area contributed by atoms with Gasteiger partial charge in [-0.05, 0) is 62.7 Å².